The summed E-state index contributed by atoms with van der Waals surface area (Å²) in [4.78, 5) is 32.0. The van der Waals surface area contributed by atoms with Crippen LogP contribution in [0.5, 0.6) is 0 Å². The number of H-pyrrole nitrogens is 1. The summed E-state index contributed by atoms with van der Waals surface area (Å²) in [5.41, 5.74) is 3.95. The number of carbonyl (C=O) groups is 1. The zero-order valence-corrected chi connectivity index (χ0v) is 22.1. The lowest BCUT2D eigenvalue weighted by Gasteiger charge is -2.43. The maximum absolute atomic E-state index is 13.4. The van der Waals surface area contributed by atoms with Crippen molar-refractivity contribution in [2.75, 3.05) is 19.3 Å². The molecule has 1 aliphatic carbocycles. The lowest BCUT2D eigenvalue weighted by Crippen LogP contribution is -2.54. The van der Waals surface area contributed by atoms with E-state index in [-0.39, 0.29) is 18.0 Å². The molecular weight excluding hydrogens is 475 g/mol. The molecule has 5 rings (SSSR count). The smallest absolute Gasteiger partial charge is 0.254 e. The number of likely N-dealkylation sites (tertiary alicyclic amines) is 1. The van der Waals surface area contributed by atoms with Gasteiger partial charge < -0.3 is 14.9 Å². The second kappa shape index (κ2) is 10.4. The molecule has 0 atom stereocenters. The number of thioether (sulfide) groups is 1. The van der Waals surface area contributed by atoms with Crippen LogP contribution >= 0.6 is 11.8 Å². The van der Waals surface area contributed by atoms with Gasteiger partial charge in [0.05, 0.1) is 5.56 Å². The van der Waals surface area contributed by atoms with Crippen molar-refractivity contribution >= 4 is 28.6 Å². The summed E-state index contributed by atoms with van der Waals surface area (Å²) in [7, 11) is 0. The molecule has 192 valence electrons. The first-order valence-corrected chi connectivity index (χ1v) is 14.1. The molecule has 6 nitrogen and oxygen atoms in total. The number of benzene rings is 1. The minimum absolute atomic E-state index is 0.156. The van der Waals surface area contributed by atoms with E-state index in [0.29, 0.717) is 36.2 Å². The fourth-order valence-electron chi connectivity index (χ4n) is 5.95. The van der Waals surface area contributed by atoms with Crippen molar-refractivity contribution in [3.05, 3.63) is 63.2 Å². The number of nitrogens with one attached hydrogen (secondary N) is 2. The lowest BCUT2D eigenvalue weighted by molar-refractivity contribution is 0.00741. The molecule has 3 aromatic rings. The number of hydrogen-bond acceptors (Lipinski definition) is 4. The standard InChI is InChI=1S/C28H35FN4O2S/c1-17-12-25(36-3)23(27(34)31-17)13-30-28(35)26-18(2)33(24-7-5-4-6-22(24)26)14-19-8-10-21(11-9-19)32-15-20(29)16-32/h4-7,12,19-21H,8-11,13-16H2,1-3H3,(H,30,35)(H,31,34). The first-order chi connectivity index (χ1) is 17.4. The molecule has 1 saturated heterocycles. The molecule has 1 saturated carbocycles. The highest BCUT2D eigenvalue weighted by Gasteiger charge is 2.34. The molecule has 1 aliphatic heterocycles. The summed E-state index contributed by atoms with van der Waals surface area (Å²) in [6, 6.07) is 10.5. The Morgan fingerprint density at radius 3 is 2.58 bits per heavy atom. The third-order valence-corrected chi connectivity index (χ3v) is 8.78. The maximum Gasteiger partial charge on any atom is 0.254 e. The number of hydrogen-bond donors (Lipinski definition) is 2. The number of carbonyl (C=O) groups excluding carboxylic acids is 1. The van der Waals surface area contributed by atoms with Crippen molar-refractivity contribution in [3.8, 4) is 0 Å². The van der Waals surface area contributed by atoms with Gasteiger partial charge in [-0.25, -0.2) is 4.39 Å². The van der Waals surface area contributed by atoms with Crippen molar-refractivity contribution in [1.82, 2.24) is 19.8 Å². The van der Waals surface area contributed by atoms with E-state index in [4.69, 9.17) is 0 Å². The largest absolute Gasteiger partial charge is 0.348 e. The zero-order valence-electron chi connectivity index (χ0n) is 21.3. The van der Waals surface area contributed by atoms with Gasteiger partial charge in [-0.2, -0.15) is 0 Å². The van der Waals surface area contributed by atoms with Crippen LogP contribution in [0.1, 0.15) is 53.0 Å². The minimum Gasteiger partial charge on any atom is -0.348 e. The molecule has 1 aromatic carbocycles. The van der Waals surface area contributed by atoms with E-state index in [9.17, 15) is 14.0 Å². The number of fused-ring (bicyclic) bond motifs is 1. The van der Waals surface area contributed by atoms with Gasteiger partial charge in [-0.3, -0.25) is 14.5 Å². The van der Waals surface area contributed by atoms with Gasteiger partial charge in [-0.1, -0.05) is 18.2 Å². The van der Waals surface area contributed by atoms with Crippen LogP contribution in [0.15, 0.2) is 40.0 Å². The number of nitrogens with zero attached hydrogens (tertiary/aromatic N) is 2. The van der Waals surface area contributed by atoms with Crippen LogP contribution in [0.4, 0.5) is 4.39 Å². The second-order valence-electron chi connectivity index (χ2n) is 10.3. The van der Waals surface area contributed by atoms with Gasteiger partial charge in [0.1, 0.15) is 6.17 Å². The van der Waals surface area contributed by atoms with E-state index < -0.39 is 6.17 Å². The van der Waals surface area contributed by atoms with Crippen molar-refractivity contribution in [1.29, 1.82) is 0 Å². The summed E-state index contributed by atoms with van der Waals surface area (Å²) in [6.07, 6.45) is 5.78. The predicted octanol–water partition coefficient (Wildman–Crippen LogP) is 4.81. The van der Waals surface area contributed by atoms with Gasteiger partial charge in [-0.05, 0) is 63.8 Å². The average molecular weight is 511 g/mol. The van der Waals surface area contributed by atoms with Crippen LogP contribution in [-0.2, 0) is 13.1 Å². The number of aryl methyl sites for hydroxylation is 1. The Kier molecular flexibility index (Phi) is 7.26. The van der Waals surface area contributed by atoms with Crippen LogP contribution in [0.2, 0.25) is 0 Å². The molecule has 2 N–H and O–H groups in total. The Labute approximate surface area is 215 Å². The first kappa shape index (κ1) is 25.1. The fraction of sp³-hybridized carbons (Fsp3) is 0.500. The highest BCUT2D eigenvalue weighted by Crippen LogP contribution is 2.34. The summed E-state index contributed by atoms with van der Waals surface area (Å²) < 4.78 is 15.6. The van der Waals surface area contributed by atoms with Gasteiger partial charge in [0, 0.05) is 65.0 Å². The summed E-state index contributed by atoms with van der Waals surface area (Å²) >= 11 is 1.51. The number of alkyl halides is 1. The Hall–Kier alpha value is -2.58. The van der Waals surface area contributed by atoms with Crippen LogP contribution in [0.3, 0.4) is 0 Å². The average Bonchev–Trinajstić information content (AvgIpc) is 3.12. The van der Waals surface area contributed by atoms with Crippen LogP contribution < -0.4 is 10.9 Å². The monoisotopic (exact) mass is 510 g/mol. The normalized spacial score (nSPS) is 21.0. The van der Waals surface area contributed by atoms with Gasteiger partial charge in [-0.15, -0.1) is 11.8 Å². The van der Waals surface area contributed by atoms with Crippen molar-refractivity contribution in [2.24, 2.45) is 5.92 Å². The molecule has 0 spiro atoms. The van der Waals surface area contributed by atoms with Gasteiger partial charge in [0.25, 0.3) is 11.5 Å². The van der Waals surface area contributed by atoms with E-state index >= 15 is 0 Å². The van der Waals surface area contributed by atoms with Crippen LogP contribution in [0, 0.1) is 19.8 Å². The third-order valence-electron chi connectivity index (χ3n) is 7.97. The van der Waals surface area contributed by atoms with Gasteiger partial charge in [0.2, 0.25) is 0 Å². The summed E-state index contributed by atoms with van der Waals surface area (Å²) in [5, 5.41) is 3.96. The van der Waals surface area contributed by atoms with Crippen molar-refractivity contribution < 1.29 is 9.18 Å². The Balaban J connectivity index is 1.33. The number of rotatable bonds is 7. The zero-order chi connectivity index (χ0) is 25.4. The molecule has 2 fully saturated rings. The molecule has 2 aromatic heterocycles. The van der Waals surface area contributed by atoms with Crippen molar-refractivity contribution in [3.63, 3.8) is 0 Å². The van der Waals surface area contributed by atoms with Crippen LogP contribution in [0.25, 0.3) is 10.9 Å². The second-order valence-corrected chi connectivity index (χ2v) is 11.2. The van der Waals surface area contributed by atoms with Gasteiger partial charge >= 0.3 is 0 Å². The number of aromatic amines is 1. The Morgan fingerprint density at radius 2 is 1.89 bits per heavy atom. The molecule has 3 heterocycles. The van der Waals surface area contributed by atoms with E-state index in [1.165, 1.54) is 11.8 Å². The van der Waals surface area contributed by atoms with E-state index in [2.05, 4.69) is 25.8 Å². The number of halogens is 1. The van der Waals surface area contributed by atoms with E-state index in [1.54, 1.807) is 0 Å². The molecular formula is C28H35FN4O2S. The summed E-state index contributed by atoms with van der Waals surface area (Å²) in [5.74, 6) is 0.390. The first-order valence-electron chi connectivity index (χ1n) is 12.9. The number of amides is 1. The molecule has 0 radical (unpaired) electrons. The highest BCUT2D eigenvalue weighted by molar-refractivity contribution is 7.98. The molecule has 2 aliphatic rings. The summed E-state index contributed by atoms with van der Waals surface area (Å²) in [6.45, 7) is 6.15. The Morgan fingerprint density at radius 1 is 1.17 bits per heavy atom. The quantitative estimate of drug-likeness (QED) is 0.448. The van der Waals surface area contributed by atoms with Crippen molar-refractivity contribution in [2.45, 2.75) is 69.7 Å². The van der Waals surface area contributed by atoms with Gasteiger partial charge in [0.15, 0.2) is 0 Å². The van der Waals surface area contributed by atoms with Crippen LogP contribution in [-0.4, -0.2) is 51.9 Å². The molecule has 1 amide bonds. The predicted molar refractivity (Wildman–Crippen MR) is 144 cm³/mol. The molecule has 8 heteroatoms. The molecule has 0 unspecified atom stereocenters. The maximum atomic E-state index is 13.4. The third kappa shape index (κ3) is 4.85. The highest BCUT2D eigenvalue weighted by atomic mass is 32.2. The molecule has 0 bridgehead atoms. The Bertz CT molecular complexity index is 1320. The number of aromatic nitrogens is 2. The number of pyridine rings is 1. The topological polar surface area (TPSA) is 70.1 Å². The fourth-order valence-corrected chi connectivity index (χ4v) is 6.66. The number of para-hydroxylation sites is 1. The lowest BCUT2D eigenvalue weighted by atomic mass is 9.84. The van der Waals surface area contributed by atoms with E-state index in [1.807, 2.05) is 44.4 Å². The molecule has 36 heavy (non-hydrogen) atoms. The minimum atomic E-state index is -0.641. The SMILES string of the molecule is CSc1cc(C)[nH]c(=O)c1CNC(=O)c1c(C)n(CC2CCC(N3CC(F)C3)CC2)c2ccccc12. The van der Waals surface area contributed by atoms with E-state index in [0.717, 1.165) is 59.4 Å².